The van der Waals surface area contributed by atoms with Crippen LogP contribution in [0, 0.1) is 0 Å². The topological polar surface area (TPSA) is 84.3 Å². The number of sulfone groups is 1. The van der Waals surface area contributed by atoms with Crippen molar-refractivity contribution in [3.8, 4) is 0 Å². The molecular weight excluding hydrogens is 238 g/mol. The molecule has 1 heterocycles. The number of thiazole rings is 1. The summed E-state index contributed by atoms with van der Waals surface area (Å²) in [6.07, 6.45) is 1.57. The fourth-order valence-electron chi connectivity index (χ4n) is 1.18. The first kappa shape index (κ1) is 12.1. The summed E-state index contributed by atoms with van der Waals surface area (Å²) >= 11 is 1.21. The number of hydrogen-bond acceptors (Lipinski definition) is 5. The molecule has 7 heteroatoms. The van der Waals surface area contributed by atoms with E-state index in [9.17, 15) is 13.2 Å². The minimum absolute atomic E-state index is 0.0725. The molecule has 1 rings (SSSR count). The Kier molecular flexibility index (Phi) is 3.81. The van der Waals surface area contributed by atoms with Gasteiger partial charge in [0, 0.05) is 11.6 Å². The quantitative estimate of drug-likeness (QED) is 0.838. The minimum atomic E-state index is -3.65. The Labute approximate surface area is 91.7 Å². The maximum Gasteiger partial charge on any atom is 0.321 e. The normalized spacial score (nSPS) is 13.7. The van der Waals surface area contributed by atoms with E-state index in [1.165, 1.54) is 24.5 Å². The highest BCUT2D eigenvalue weighted by atomic mass is 32.2. The van der Waals surface area contributed by atoms with E-state index < -0.39 is 21.1 Å². The predicted octanol–water partition coefficient (Wildman–Crippen LogP) is 0.921. The number of rotatable bonds is 5. The summed E-state index contributed by atoms with van der Waals surface area (Å²) in [5.41, 5.74) is 0. The number of hydrogen-bond donors (Lipinski definition) is 1. The van der Waals surface area contributed by atoms with Crippen molar-refractivity contribution in [3.63, 3.8) is 0 Å². The van der Waals surface area contributed by atoms with Gasteiger partial charge < -0.3 is 5.11 Å². The van der Waals surface area contributed by atoms with Crippen LogP contribution in [0.2, 0.25) is 0 Å². The van der Waals surface area contributed by atoms with Crippen LogP contribution in [0.25, 0.3) is 0 Å². The van der Waals surface area contributed by atoms with Crippen molar-refractivity contribution >= 4 is 27.1 Å². The zero-order valence-corrected chi connectivity index (χ0v) is 9.71. The highest BCUT2D eigenvalue weighted by Gasteiger charge is 2.31. The average molecular weight is 249 g/mol. The van der Waals surface area contributed by atoms with Crippen molar-refractivity contribution in [1.82, 2.24) is 4.98 Å². The SMILES string of the molecule is CCC(C(=O)O)S(=O)(=O)Cc1nccs1. The summed E-state index contributed by atoms with van der Waals surface area (Å²) < 4.78 is 23.3. The molecule has 1 atom stereocenters. The van der Waals surface area contributed by atoms with E-state index in [0.717, 1.165) is 0 Å². The molecule has 15 heavy (non-hydrogen) atoms. The standard InChI is InChI=1S/C8H11NO4S2/c1-2-6(8(10)11)15(12,13)5-7-9-3-4-14-7/h3-4,6H,2,5H2,1H3,(H,10,11). The smallest absolute Gasteiger partial charge is 0.321 e. The Balaban J connectivity index is 2.87. The van der Waals surface area contributed by atoms with E-state index in [1.54, 1.807) is 5.38 Å². The lowest BCUT2D eigenvalue weighted by Crippen LogP contribution is -2.30. The Morgan fingerprint density at radius 1 is 1.67 bits per heavy atom. The Hall–Kier alpha value is -0.950. The summed E-state index contributed by atoms with van der Waals surface area (Å²) in [6, 6.07) is 0. The average Bonchev–Trinajstić information content (AvgIpc) is 2.55. The molecule has 0 aliphatic heterocycles. The van der Waals surface area contributed by atoms with Crippen LogP contribution in [0.1, 0.15) is 18.4 Å². The molecule has 0 spiro atoms. The number of carbonyl (C=O) groups is 1. The molecule has 0 aliphatic carbocycles. The van der Waals surface area contributed by atoms with Gasteiger partial charge in [-0.05, 0) is 6.42 Å². The first-order chi connectivity index (χ1) is 6.97. The molecule has 0 saturated heterocycles. The number of aliphatic carboxylic acids is 1. The summed E-state index contributed by atoms with van der Waals surface area (Å²) in [7, 11) is -3.65. The maximum atomic E-state index is 11.7. The predicted molar refractivity (Wildman–Crippen MR) is 56.5 cm³/mol. The Bertz CT molecular complexity index is 424. The third-order valence-corrected chi connectivity index (χ3v) is 4.93. The third-order valence-electron chi connectivity index (χ3n) is 1.89. The number of carboxylic acids is 1. The minimum Gasteiger partial charge on any atom is -0.480 e. The molecule has 0 bridgehead atoms. The van der Waals surface area contributed by atoms with Crippen molar-refractivity contribution in [2.45, 2.75) is 24.3 Å². The molecule has 84 valence electrons. The lowest BCUT2D eigenvalue weighted by molar-refractivity contribution is -0.136. The zero-order valence-electron chi connectivity index (χ0n) is 8.08. The Morgan fingerprint density at radius 2 is 2.33 bits per heavy atom. The van der Waals surface area contributed by atoms with Crippen LogP contribution < -0.4 is 0 Å². The molecule has 0 fully saturated rings. The molecule has 0 amide bonds. The second-order valence-electron chi connectivity index (χ2n) is 2.97. The molecular formula is C8H11NO4S2. The van der Waals surface area contributed by atoms with E-state index in [-0.39, 0.29) is 12.2 Å². The lowest BCUT2D eigenvalue weighted by atomic mass is 10.3. The van der Waals surface area contributed by atoms with Gasteiger partial charge in [-0.25, -0.2) is 13.4 Å². The van der Waals surface area contributed by atoms with Crippen molar-refractivity contribution in [2.75, 3.05) is 0 Å². The van der Waals surface area contributed by atoms with Gasteiger partial charge in [0.05, 0.1) is 0 Å². The fourth-order valence-corrected chi connectivity index (χ4v) is 3.78. The first-order valence-corrected chi connectivity index (χ1v) is 6.89. The van der Waals surface area contributed by atoms with Crippen LogP contribution in [0.5, 0.6) is 0 Å². The summed E-state index contributed by atoms with van der Waals surface area (Å²) in [5.74, 6) is -1.59. The van der Waals surface area contributed by atoms with Gasteiger partial charge in [0.1, 0.15) is 10.8 Å². The highest BCUT2D eigenvalue weighted by Crippen LogP contribution is 2.15. The van der Waals surface area contributed by atoms with Gasteiger partial charge in [0.15, 0.2) is 15.1 Å². The second kappa shape index (κ2) is 4.71. The van der Waals surface area contributed by atoms with E-state index in [0.29, 0.717) is 5.01 Å². The molecule has 0 radical (unpaired) electrons. The summed E-state index contributed by atoms with van der Waals surface area (Å²) in [4.78, 5) is 14.5. The van der Waals surface area contributed by atoms with Crippen LogP contribution in [0.3, 0.4) is 0 Å². The number of carboxylic acid groups (broad SMARTS) is 1. The Morgan fingerprint density at radius 3 is 2.73 bits per heavy atom. The van der Waals surface area contributed by atoms with E-state index in [1.807, 2.05) is 0 Å². The largest absolute Gasteiger partial charge is 0.480 e. The van der Waals surface area contributed by atoms with E-state index >= 15 is 0 Å². The molecule has 1 unspecified atom stereocenters. The molecule has 0 aromatic carbocycles. The van der Waals surface area contributed by atoms with Crippen LogP contribution in [0.4, 0.5) is 0 Å². The van der Waals surface area contributed by atoms with E-state index in [2.05, 4.69) is 4.98 Å². The monoisotopic (exact) mass is 249 g/mol. The van der Waals surface area contributed by atoms with Crippen LogP contribution in [-0.4, -0.2) is 29.7 Å². The van der Waals surface area contributed by atoms with E-state index in [4.69, 9.17) is 5.11 Å². The van der Waals surface area contributed by atoms with Crippen molar-refractivity contribution in [2.24, 2.45) is 0 Å². The number of nitrogens with zero attached hydrogens (tertiary/aromatic N) is 1. The van der Waals surface area contributed by atoms with Gasteiger partial charge in [0.2, 0.25) is 0 Å². The van der Waals surface area contributed by atoms with Crippen LogP contribution in [0.15, 0.2) is 11.6 Å². The van der Waals surface area contributed by atoms with Gasteiger partial charge in [-0.1, -0.05) is 6.92 Å². The van der Waals surface area contributed by atoms with Gasteiger partial charge in [-0.15, -0.1) is 11.3 Å². The number of aromatic nitrogens is 1. The van der Waals surface area contributed by atoms with Crippen molar-refractivity contribution < 1.29 is 18.3 Å². The molecule has 1 N–H and O–H groups in total. The molecule has 1 aromatic heterocycles. The lowest BCUT2D eigenvalue weighted by Gasteiger charge is -2.09. The zero-order chi connectivity index (χ0) is 11.5. The first-order valence-electron chi connectivity index (χ1n) is 4.30. The third kappa shape index (κ3) is 3.00. The van der Waals surface area contributed by atoms with Gasteiger partial charge in [0.25, 0.3) is 0 Å². The van der Waals surface area contributed by atoms with Gasteiger partial charge in [-0.2, -0.15) is 0 Å². The van der Waals surface area contributed by atoms with Crippen LogP contribution >= 0.6 is 11.3 Å². The summed E-state index contributed by atoms with van der Waals surface area (Å²) in [5, 5.41) is 9.49. The second-order valence-corrected chi connectivity index (χ2v) is 6.13. The van der Waals surface area contributed by atoms with Gasteiger partial charge >= 0.3 is 5.97 Å². The van der Waals surface area contributed by atoms with Gasteiger partial charge in [-0.3, -0.25) is 4.79 Å². The van der Waals surface area contributed by atoms with Crippen LogP contribution in [-0.2, 0) is 20.4 Å². The fraction of sp³-hybridized carbons (Fsp3) is 0.500. The molecule has 5 nitrogen and oxygen atoms in total. The molecule has 0 aliphatic rings. The highest BCUT2D eigenvalue weighted by molar-refractivity contribution is 7.92. The van der Waals surface area contributed by atoms with Crippen molar-refractivity contribution in [3.05, 3.63) is 16.6 Å². The summed E-state index contributed by atoms with van der Waals surface area (Å²) in [6.45, 7) is 1.54. The maximum absolute atomic E-state index is 11.7. The molecule has 1 aromatic rings. The molecule has 0 saturated carbocycles. The van der Waals surface area contributed by atoms with Crippen molar-refractivity contribution in [1.29, 1.82) is 0 Å².